The molecule has 1 aliphatic rings. The average Bonchev–Trinajstić information content (AvgIpc) is 2.85. The van der Waals surface area contributed by atoms with Crippen LogP contribution in [-0.2, 0) is 14.3 Å². The molecule has 0 radical (unpaired) electrons. The van der Waals surface area contributed by atoms with Crippen molar-refractivity contribution in [3.63, 3.8) is 0 Å². The lowest BCUT2D eigenvalue weighted by atomic mass is 10.1. The molecule has 23 heavy (non-hydrogen) atoms. The fraction of sp³-hybridized carbons (Fsp3) is 0.500. The number of carboxylic acid groups (broad SMARTS) is 1. The quantitative estimate of drug-likeness (QED) is 0.825. The molecule has 2 heterocycles. The third-order valence-electron chi connectivity index (χ3n) is 3.50. The van der Waals surface area contributed by atoms with Crippen LogP contribution in [0.2, 0.25) is 0 Å². The van der Waals surface area contributed by atoms with E-state index in [4.69, 9.17) is 14.6 Å². The number of benzene rings is 1. The molecule has 0 saturated carbocycles. The molecule has 0 amide bonds. The molecule has 0 spiro atoms. The van der Waals surface area contributed by atoms with Crippen molar-refractivity contribution in [1.29, 1.82) is 0 Å². The van der Waals surface area contributed by atoms with Gasteiger partial charge in [-0.1, -0.05) is 23.9 Å². The third kappa shape index (κ3) is 4.44. The number of thioether (sulfide) groups is 1. The number of carboxylic acids is 1. The van der Waals surface area contributed by atoms with Crippen LogP contribution in [0.3, 0.4) is 0 Å². The second-order valence-corrected chi connectivity index (χ2v) is 8.27. The van der Waals surface area contributed by atoms with Gasteiger partial charge in [-0.15, -0.1) is 11.3 Å². The summed E-state index contributed by atoms with van der Waals surface area (Å²) in [6, 6.07) is 8.06. The molecule has 0 unspecified atom stereocenters. The molecule has 2 aromatic rings. The number of hydrogen-bond acceptors (Lipinski definition) is 6. The van der Waals surface area contributed by atoms with Crippen molar-refractivity contribution in [1.82, 2.24) is 4.98 Å². The molecule has 0 aliphatic carbocycles. The van der Waals surface area contributed by atoms with E-state index in [9.17, 15) is 4.79 Å². The Morgan fingerprint density at radius 1 is 1.39 bits per heavy atom. The Hall–Kier alpha value is -1.15. The van der Waals surface area contributed by atoms with Gasteiger partial charge in [0.2, 0.25) is 0 Å². The van der Waals surface area contributed by atoms with Crippen LogP contribution in [0.25, 0.3) is 10.2 Å². The smallest absolute Gasteiger partial charge is 0.305 e. The van der Waals surface area contributed by atoms with Crippen molar-refractivity contribution in [3.05, 3.63) is 24.3 Å². The van der Waals surface area contributed by atoms with Crippen LogP contribution < -0.4 is 0 Å². The Morgan fingerprint density at radius 3 is 2.87 bits per heavy atom. The Balaban J connectivity index is 1.63. The molecule has 1 saturated heterocycles. The van der Waals surface area contributed by atoms with Gasteiger partial charge < -0.3 is 14.6 Å². The summed E-state index contributed by atoms with van der Waals surface area (Å²) in [5.41, 5.74) is 1.01. The van der Waals surface area contributed by atoms with E-state index in [2.05, 4.69) is 11.1 Å². The first-order valence-electron chi connectivity index (χ1n) is 7.47. The topological polar surface area (TPSA) is 68.7 Å². The van der Waals surface area contributed by atoms with Gasteiger partial charge in [-0.3, -0.25) is 4.79 Å². The molecule has 3 rings (SSSR count). The van der Waals surface area contributed by atoms with E-state index in [1.165, 1.54) is 4.70 Å². The first-order valence-corrected chi connectivity index (χ1v) is 9.27. The highest BCUT2D eigenvalue weighted by Gasteiger charge is 2.36. The van der Waals surface area contributed by atoms with Gasteiger partial charge in [-0.25, -0.2) is 4.98 Å². The maximum absolute atomic E-state index is 10.9. The minimum Gasteiger partial charge on any atom is -0.481 e. The van der Waals surface area contributed by atoms with Gasteiger partial charge in [0.1, 0.15) is 0 Å². The lowest BCUT2D eigenvalue weighted by Gasteiger charge is -2.40. The molecular weight excluding hydrogens is 334 g/mol. The minimum atomic E-state index is -0.842. The molecule has 2 atom stereocenters. The van der Waals surface area contributed by atoms with E-state index in [-0.39, 0.29) is 18.6 Å². The zero-order chi connectivity index (χ0) is 16.4. The van der Waals surface area contributed by atoms with Gasteiger partial charge >= 0.3 is 5.97 Å². The average molecular weight is 353 g/mol. The van der Waals surface area contributed by atoms with Gasteiger partial charge in [0.15, 0.2) is 10.1 Å². The van der Waals surface area contributed by atoms with E-state index in [1.807, 2.05) is 32.0 Å². The fourth-order valence-corrected chi connectivity index (χ4v) is 4.82. The molecule has 1 aromatic carbocycles. The van der Waals surface area contributed by atoms with E-state index in [1.54, 1.807) is 23.1 Å². The lowest BCUT2D eigenvalue weighted by Crippen LogP contribution is -2.46. The standard InChI is InChI=1S/C16H19NO4S2/c1-16(2)20-10(8-14(18)19)7-11(21-16)9-22-15-17-12-5-3-4-6-13(12)23-15/h3-6,10-11H,7-9H2,1-2H3,(H,18,19)/t10-,11-/m0/s1. The monoisotopic (exact) mass is 353 g/mol. The Kier molecular flexibility index (Phi) is 4.91. The van der Waals surface area contributed by atoms with Gasteiger partial charge in [-0.2, -0.15) is 0 Å². The van der Waals surface area contributed by atoms with Crippen molar-refractivity contribution in [2.24, 2.45) is 0 Å². The molecule has 1 fully saturated rings. The summed E-state index contributed by atoms with van der Waals surface area (Å²) < 4.78 is 13.8. The predicted octanol–water partition coefficient (Wildman–Crippen LogP) is 3.77. The zero-order valence-electron chi connectivity index (χ0n) is 13.0. The first-order chi connectivity index (χ1) is 10.9. The predicted molar refractivity (Wildman–Crippen MR) is 91.0 cm³/mol. The molecule has 1 aromatic heterocycles. The number of aliphatic carboxylic acids is 1. The molecule has 7 heteroatoms. The number of nitrogens with zero attached hydrogens (tertiary/aromatic N) is 1. The molecular formula is C16H19NO4S2. The van der Waals surface area contributed by atoms with E-state index in [0.29, 0.717) is 6.42 Å². The summed E-state index contributed by atoms with van der Waals surface area (Å²) in [6.07, 6.45) is 0.250. The summed E-state index contributed by atoms with van der Waals surface area (Å²) in [5, 5.41) is 8.98. The Bertz CT molecular complexity index is 667. The van der Waals surface area contributed by atoms with E-state index < -0.39 is 11.8 Å². The van der Waals surface area contributed by atoms with Crippen molar-refractivity contribution < 1.29 is 19.4 Å². The molecule has 124 valence electrons. The van der Waals surface area contributed by atoms with Gasteiger partial charge in [-0.05, 0) is 26.0 Å². The lowest BCUT2D eigenvalue weighted by molar-refractivity contribution is -0.295. The molecule has 5 nitrogen and oxygen atoms in total. The fourth-order valence-electron chi connectivity index (χ4n) is 2.72. The van der Waals surface area contributed by atoms with Crippen molar-refractivity contribution >= 4 is 39.3 Å². The maximum Gasteiger partial charge on any atom is 0.305 e. The number of fused-ring (bicyclic) bond motifs is 1. The highest BCUT2D eigenvalue weighted by molar-refractivity contribution is 8.01. The first kappa shape index (κ1) is 16.7. The van der Waals surface area contributed by atoms with Crippen LogP contribution in [-0.4, -0.2) is 39.8 Å². The van der Waals surface area contributed by atoms with Crippen molar-refractivity contribution in [2.45, 2.75) is 49.0 Å². The van der Waals surface area contributed by atoms with Crippen LogP contribution in [0.5, 0.6) is 0 Å². The molecule has 0 bridgehead atoms. The number of carbonyl (C=O) groups is 1. The summed E-state index contributed by atoms with van der Waals surface area (Å²) in [6.45, 7) is 3.66. The third-order valence-corrected chi connectivity index (χ3v) is 5.81. The molecule has 1 aliphatic heterocycles. The summed E-state index contributed by atoms with van der Waals surface area (Å²) >= 11 is 3.32. The molecule has 1 N–H and O–H groups in total. The van der Waals surface area contributed by atoms with Crippen LogP contribution in [0, 0.1) is 0 Å². The van der Waals surface area contributed by atoms with E-state index >= 15 is 0 Å². The largest absolute Gasteiger partial charge is 0.481 e. The number of hydrogen-bond donors (Lipinski definition) is 1. The highest BCUT2D eigenvalue weighted by Crippen LogP contribution is 2.34. The van der Waals surface area contributed by atoms with Crippen molar-refractivity contribution in [3.8, 4) is 0 Å². The van der Waals surface area contributed by atoms with E-state index in [0.717, 1.165) is 15.6 Å². The number of thiazole rings is 1. The van der Waals surface area contributed by atoms with Crippen LogP contribution in [0.4, 0.5) is 0 Å². The second-order valence-electron chi connectivity index (χ2n) is 5.97. The summed E-state index contributed by atoms with van der Waals surface area (Å²) in [5.74, 6) is -0.856. The number of rotatable bonds is 5. The number of ether oxygens (including phenoxy) is 2. The van der Waals surface area contributed by atoms with Crippen LogP contribution in [0.15, 0.2) is 28.6 Å². The van der Waals surface area contributed by atoms with Gasteiger partial charge in [0, 0.05) is 12.2 Å². The van der Waals surface area contributed by atoms with Crippen LogP contribution >= 0.6 is 23.1 Å². The summed E-state index contributed by atoms with van der Waals surface area (Å²) in [7, 11) is 0. The van der Waals surface area contributed by atoms with Crippen LogP contribution in [0.1, 0.15) is 26.7 Å². The Labute approximate surface area is 143 Å². The highest BCUT2D eigenvalue weighted by atomic mass is 32.2. The van der Waals surface area contributed by atoms with Crippen molar-refractivity contribution in [2.75, 3.05) is 5.75 Å². The maximum atomic E-state index is 10.9. The normalized spacial score (nSPS) is 23.9. The number of para-hydroxylation sites is 1. The zero-order valence-corrected chi connectivity index (χ0v) is 14.7. The Morgan fingerprint density at radius 2 is 2.13 bits per heavy atom. The number of aromatic nitrogens is 1. The van der Waals surface area contributed by atoms with Gasteiger partial charge in [0.05, 0.1) is 28.8 Å². The minimum absolute atomic E-state index is 0.00902. The summed E-state index contributed by atoms with van der Waals surface area (Å²) in [4.78, 5) is 15.5. The SMILES string of the molecule is CC1(C)O[C@H](CSc2nc3ccccc3s2)C[C@@H](CC(=O)O)O1. The van der Waals surface area contributed by atoms with Gasteiger partial charge in [0.25, 0.3) is 0 Å². The second kappa shape index (κ2) is 6.76.